The number of aromatic nitrogens is 3. The van der Waals surface area contributed by atoms with Crippen molar-refractivity contribution in [1.82, 2.24) is 19.9 Å². The van der Waals surface area contributed by atoms with Crippen LogP contribution in [0, 0.1) is 0 Å². The van der Waals surface area contributed by atoms with E-state index in [0.29, 0.717) is 40.6 Å². The number of hydrogen-bond acceptors (Lipinski definition) is 6. The summed E-state index contributed by atoms with van der Waals surface area (Å²) in [5.41, 5.74) is 4.09. The average molecular weight is 445 g/mol. The maximum Gasteiger partial charge on any atom is 0.258 e. The molecule has 0 atom stereocenters. The molecule has 3 N–H and O–H groups in total. The Labute approximate surface area is 193 Å². The minimum atomic E-state index is -0.270. The highest BCUT2D eigenvalue weighted by atomic mass is 16.5. The zero-order valence-corrected chi connectivity index (χ0v) is 19.1. The Balaban J connectivity index is 1.55. The summed E-state index contributed by atoms with van der Waals surface area (Å²) >= 11 is 0. The van der Waals surface area contributed by atoms with E-state index in [9.17, 15) is 4.79 Å². The third-order valence-corrected chi connectivity index (χ3v) is 5.11. The number of imidazole rings is 1. The number of fused-ring (bicyclic) bond motifs is 1. The molecule has 8 nitrogen and oxygen atoms in total. The molecule has 0 radical (unpaired) electrons. The number of H-pyrrole nitrogens is 1. The topological polar surface area (TPSA) is 95.2 Å². The van der Waals surface area contributed by atoms with Crippen LogP contribution in [0.4, 0.5) is 11.4 Å². The van der Waals surface area contributed by atoms with E-state index in [4.69, 9.17) is 4.74 Å². The molecule has 0 aliphatic rings. The van der Waals surface area contributed by atoms with Crippen LogP contribution in [0.5, 0.6) is 5.75 Å². The molecule has 0 saturated carbocycles. The van der Waals surface area contributed by atoms with Gasteiger partial charge in [-0.1, -0.05) is 12.1 Å². The number of aromatic amines is 1. The molecule has 0 aliphatic carbocycles. The van der Waals surface area contributed by atoms with Gasteiger partial charge in [0.2, 0.25) is 0 Å². The van der Waals surface area contributed by atoms with Gasteiger partial charge < -0.3 is 25.3 Å². The van der Waals surface area contributed by atoms with Crippen LogP contribution in [-0.2, 0) is 0 Å². The first-order valence-electron chi connectivity index (χ1n) is 10.9. The van der Waals surface area contributed by atoms with Crippen molar-refractivity contribution < 1.29 is 9.53 Å². The fourth-order valence-electron chi connectivity index (χ4n) is 3.44. The molecule has 4 aromatic rings. The molecular weight excluding hydrogens is 416 g/mol. The standard InChI is InChI=1S/C25H28N6O2/c1-4-33-21-8-6-5-7-20(21)28-25(32)19-13-14-27-24-22(19)29-23(30-24)17-9-11-18(12-10-17)26-15-16-31(2)3/h5-14,26H,4,15-16H2,1-3H3,(H,28,32)(H,27,29,30). The van der Waals surface area contributed by atoms with Gasteiger partial charge in [-0.2, -0.15) is 0 Å². The van der Waals surface area contributed by atoms with Gasteiger partial charge in [-0.3, -0.25) is 4.79 Å². The number of para-hydroxylation sites is 2. The average Bonchev–Trinajstić information content (AvgIpc) is 3.25. The number of carbonyl (C=O) groups is 1. The Morgan fingerprint density at radius 2 is 1.88 bits per heavy atom. The molecule has 2 aromatic carbocycles. The predicted octanol–water partition coefficient (Wildman–Crippen LogP) is 4.25. The lowest BCUT2D eigenvalue weighted by molar-refractivity contribution is 0.102. The van der Waals surface area contributed by atoms with E-state index in [2.05, 4.69) is 30.5 Å². The van der Waals surface area contributed by atoms with Crippen LogP contribution in [0.15, 0.2) is 60.8 Å². The highest BCUT2D eigenvalue weighted by Gasteiger charge is 2.17. The second-order valence-corrected chi connectivity index (χ2v) is 7.83. The van der Waals surface area contributed by atoms with Gasteiger partial charge in [-0.15, -0.1) is 0 Å². The van der Waals surface area contributed by atoms with Crippen molar-refractivity contribution in [2.45, 2.75) is 6.92 Å². The van der Waals surface area contributed by atoms with Crippen LogP contribution >= 0.6 is 0 Å². The zero-order valence-electron chi connectivity index (χ0n) is 19.1. The number of nitrogens with zero attached hydrogens (tertiary/aromatic N) is 3. The summed E-state index contributed by atoms with van der Waals surface area (Å²) < 4.78 is 5.61. The highest BCUT2D eigenvalue weighted by Crippen LogP contribution is 2.26. The predicted molar refractivity (Wildman–Crippen MR) is 132 cm³/mol. The van der Waals surface area contributed by atoms with Crippen LogP contribution in [0.3, 0.4) is 0 Å². The summed E-state index contributed by atoms with van der Waals surface area (Å²) in [5.74, 6) is 1.01. The first kappa shape index (κ1) is 22.3. The van der Waals surface area contributed by atoms with Crippen molar-refractivity contribution in [3.8, 4) is 17.1 Å². The van der Waals surface area contributed by atoms with E-state index in [1.165, 1.54) is 0 Å². The Morgan fingerprint density at radius 3 is 2.64 bits per heavy atom. The largest absolute Gasteiger partial charge is 0.492 e. The minimum absolute atomic E-state index is 0.270. The van der Waals surface area contributed by atoms with Crippen LogP contribution in [-0.4, -0.2) is 59.6 Å². The molecular formula is C25H28N6O2. The van der Waals surface area contributed by atoms with Gasteiger partial charge >= 0.3 is 0 Å². The van der Waals surface area contributed by atoms with Gasteiger partial charge in [0.25, 0.3) is 5.91 Å². The lowest BCUT2D eigenvalue weighted by Gasteiger charge is -2.11. The van der Waals surface area contributed by atoms with Crippen LogP contribution in [0.25, 0.3) is 22.6 Å². The van der Waals surface area contributed by atoms with Gasteiger partial charge in [-0.25, -0.2) is 9.97 Å². The minimum Gasteiger partial charge on any atom is -0.492 e. The smallest absolute Gasteiger partial charge is 0.258 e. The van der Waals surface area contributed by atoms with E-state index >= 15 is 0 Å². The number of likely N-dealkylation sites (N-methyl/N-ethyl adjacent to an activating group) is 1. The molecule has 0 fully saturated rings. The van der Waals surface area contributed by atoms with Crippen LogP contribution < -0.4 is 15.4 Å². The van der Waals surface area contributed by atoms with Gasteiger partial charge in [-0.05, 0) is 63.5 Å². The molecule has 0 spiro atoms. The Bertz CT molecular complexity index is 1230. The summed E-state index contributed by atoms with van der Waals surface area (Å²) in [6, 6.07) is 17.1. The molecule has 8 heteroatoms. The zero-order chi connectivity index (χ0) is 23.2. The van der Waals surface area contributed by atoms with E-state index < -0.39 is 0 Å². The number of benzene rings is 2. The highest BCUT2D eigenvalue weighted by molar-refractivity contribution is 6.11. The molecule has 0 saturated heterocycles. The van der Waals surface area contributed by atoms with Crippen LogP contribution in [0.2, 0.25) is 0 Å². The Morgan fingerprint density at radius 1 is 1.09 bits per heavy atom. The second-order valence-electron chi connectivity index (χ2n) is 7.83. The quantitative estimate of drug-likeness (QED) is 0.357. The summed E-state index contributed by atoms with van der Waals surface area (Å²) in [7, 11) is 4.10. The lowest BCUT2D eigenvalue weighted by Crippen LogP contribution is -2.20. The van der Waals surface area contributed by atoms with Gasteiger partial charge in [0.05, 0.1) is 17.9 Å². The molecule has 0 bridgehead atoms. The number of pyridine rings is 1. The maximum atomic E-state index is 13.1. The van der Waals surface area contributed by atoms with Crippen molar-refractivity contribution in [2.75, 3.05) is 44.4 Å². The molecule has 2 aromatic heterocycles. The second kappa shape index (κ2) is 10.1. The summed E-state index contributed by atoms with van der Waals surface area (Å²) in [6.45, 7) is 4.24. The van der Waals surface area contributed by atoms with Crippen molar-refractivity contribution in [1.29, 1.82) is 0 Å². The number of ether oxygens (including phenoxy) is 1. The summed E-state index contributed by atoms with van der Waals surface area (Å²) in [5, 5.41) is 6.32. The summed E-state index contributed by atoms with van der Waals surface area (Å²) in [6.07, 6.45) is 1.60. The number of rotatable bonds is 9. The van der Waals surface area contributed by atoms with Gasteiger partial charge in [0.1, 0.15) is 17.1 Å². The first-order valence-corrected chi connectivity index (χ1v) is 10.9. The molecule has 33 heavy (non-hydrogen) atoms. The number of hydrogen-bond donors (Lipinski definition) is 3. The maximum absolute atomic E-state index is 13.1. The lowest BCUT2D eigenvalue weighted by atomic mass is 10.2. The molecule has 0 unspecified atom stereocenters. The van der Waals surface area contributed by atoms with Gasteiger partial charge in [0, 0.05) is 30.5 Å². The molecule has 4 rings (SSSR count). The number of carbonyl (C=O) groups excluding carboxylic acids is 1. The molecule has 170 valence electrons. The third kappa shape index (κ3) is 5.30. The molecule has 2 heterocycles. The fraction of sp³-hybridized carbons (Fsp3) is 0.240. The fourth-order valence-corrected chi connectivity index (χ4v) is 3.44. The molecule has 0 aliphatic heterocycles. The third-order valence-electron chi connectivity index (χ3n) is 5.11. The van der Waals surface area contributed by atoms with Crippen molar-refractivity contribution >= 4 is 28.4 Å². The van der Waals surface area contributed by atoms with E-state index in [0.717, 1.165) is 24.3 Å². The number of nitrogens with one attached hydrogen (secondary N) is 3. The van der Waals surface area contributed by atoms with E-state index in [1.807, 2.05) is 69.6 Å². The van der Waals surface area contributed by atoms with Crippen molar-refractivity contribution in [2.24, 2.45) is 0 Å². The van der Waals surface area contributed by atoms with E-state index in [-0.39, 0.29) is 5.91 Å². The SMILES string of the molecule is CCOc1ccccc1NC(=O)c1ccnc2[nH]c(-c3ccc(NCCN(C)C)cc3)nc12. The molecule has 1 amide bonds. The van der Waals surface area contributed by atoms with Gasteiger partial charge in [0.15, 0.2) is 5.65 Å². The first-order chi connectivity index (χ1) is 16.0. The monoisotopic (exact) mass is 444 g/mol. The Hall–Kier alpha value is -3.91. The van der Waals surface area contributed by atoms with Crippen LogP contribution in [0.1, 0.15) is 17.3 Å². The summed E-state index contributed by atoms with van der Waals surface area (Å²) in [4.78, 5) is 27.5. The number of anilines is 2. The van der Waals surface area contributed by atoms with Crippen molar-refractivity contribution in [3.05, 3.63) is 66.4 Å². The van der Waals surface area contributed by atoms with E-state index in [1.54, 1.807) is 12.3 Å². The Kier molecular flexibility index (Phi) is 6.85. The normalized spacial score (nSPS) is 11.0. The number of amides is 1. The van der Waals surface area contributed by atoms with Crippen molar-refractivity contribution in [3.63, 3.8) is 0 Å².